The molecule has 116 valence electrons. The van der Waals surface area contributed by atoms with Gasteiger partial charge in [-0.1, -0.05) is 30.3 Å². The molecule has 1 aromatic heterocycles. The second-order valence-corrected chi connectivity index (χ2v) is 6.05. The van der Waals surface area contributed by atoms with Crippen molar-refractivity contribution in [2.24, 2.45) is 5.73 Å². The Balaban J connectivity index is 1.76. The van der Waals surface area contributed by atoms with E-state index < -0.39 is 5.91 Å². The summed E-state index contributed by atoms with van der Waals surface area (Å²) in [6, 6.07) is 11.7. The highest BCUT2D eigenvalue weighted by atomic mass is 32.1. The Hall–Kier alpha value is -2.05. The van der Waals surface area contributed by atoms with Crippen LogP contribution in [0.4, 0.5) is 5.00 Å². The van der Waals surface area contributed by atoms with Gasteiger partial charge in [0.15, 0.2) is 0 Å². The first kappa shape index (κ1) is 14.9. The van der Waals surface area contributed by atoms with Gasteiger partial charge >= 0.3 is 0 Å². The van der Waals surface area contributed by atoms with Crippen molar-refractivity contribution in [3.05, 3.63) is 46.8 Å². The molecule has 2 N–H and O–H groups in total. The lowest BCUT2D eigenvalue weighted by molar-refractivity contribution is 0.1000. The molecule has 0 aliphatic carbocycles. The maximum Gasteiger partial charge on any atom is 0.262 e. The molecule has 0 unspecified atom stereocenters. The number of carbonyl (C=O) groups excluding carboxylic acids is 1. The molecular weight excluding hydrogens is 300 g/mol. The molecule has 5 nitrogen and oxygen atoms in total. The minimum Gasteiger partial charge on any atom is -0.487 e. The Morgan fingerprint density at radius 3 is 2.68 bits per heavy atom. The van der Waals surface area contributed by atoms with Crippen LogP contribution in [0.25, 0.3) is 0 Å². The number of nitrogens with zero attached hydrogens (tertiary/aromatic N) is 1. The number of hydrogen-bond acceptors (Lipinski definition) is 5. The number of nitrogens with two attached hydrogens (primary N) is 1. The first-order valence-electron chi connectivity index (χ1n) is 7.17. The van der Waals surface area contributed by atoms with Gasteiger partial charge in [-0.3, -0.25) is 4.79 Å². The minimum absolute atomic E-state index is 0.417. The molecule has 1 amide bonds. The largest absolute Gasteiger partial charge is 0.487 e. The number of hydrogen-bond donors (Lipinski definition) is 1. The van der Waals surface area contributed by atoms with E-state index in [0.717, 1.165) is 23.7 Å². The first-order valence-corrected chi connectivity index (χ1v) is 7.99. The number of anilines is 1. The number of morpholine rings is 1. The SMILES string of the molecule is NC(=O)c1sc(N2CCOCC2)cc1OCc1ccccc1. The maximum atomic E-state index is 11.6. The lowest BCUT2D eigenvalue weighted by atomic mass is 10.2. The van der Waals surface area contributed by atoms with Crippen LogP contribution in [0, 0.1) is 0 Å². The number of ether oxygens (including phenoxy) is 2. The molecule has 2 heterocycles. The Bertz CT molecular complexity index is 636. The number of benzene rings is 1. The molecule has 22 heavy (non-hydrogen) atoms. The zero-order chi connectivity index (χ0) is 15.4. The minimum atomic E-state index is -0.451. The van der Waals surface area contributed by atoms with Crippen LogP contribution in [-0.2, 0) is 11.3 Å². The summed E-state index contributed by atoms with van der Waals surface area (Å²) in [6.45, 7) is 3.45. The third-order valence-electron chi connectivity index (χ3n) is 3.47. The molecular formula is C16H18N2O3S. The average Bonchev–Trinajstić information content (AvgIpc) is 2.99. The second-order valence-electron chi connectivity index (χ2n) is 5.02. The number of amides is 1. The van der Waals surface area contributed by atoms with Crippen molar-refractivity contribution in [1.29, 1.82) is 0 Å². The van der Waals surface area contributed by atoms with Crippen molar-refractivity contribution >= 4 is 22.2 Å². The molecule has 0 bridgehead atoms. The van der Waals surface area contributed by atoms with E-state index in [-0.39, 0.29) is 0 Å². The summed E-state index contributed by atoms with van der Waals surface area (Å²) in [4.78, 5) is 14.3. The Morgan fingerprint density at radius 2 is 2.00 bits per heavy atom. The predicted molar refractivity (Wildman–Crippen MR) is 86.6 cm³/mol. The molecule has 1 saturated heterocycles. The molecule has 3 rings (SSSR count). The van der Waals surface area contributed by atoms with Gasteiger partial charge < -0.3 is 20.1 Å². The molecule has 0 atom stereocenters. The molecule has 1 aromatic carbocycles. The fourth-order valence-corrected chi connectivity index (χ4v) is 3.32. The van der Waals surface area contributed by atoms with Crippen molar-refractivity contribution < 1.29 is 14.3 Å². The van der Waals surface area contributed by atoms with Crippen LogP contribution in [0.3, 0.4) is 0 Å². The maximum absolute atomic E-state index is 11.6. The van der Waals surface area contributed by atoms with E-state index >= 15 is 0 Å². The Kier molecular flexibility index (Phi) is 4.60. The standard InChI is InChI=1S/C16H18N2O3S/c17-16(19)15-13(21-11-12-4-2-1-3-5-12)10-14(22-15)18-6-8-20-9-7-18/h1-5,10H,6-9,11H2,(H2,17,19). The fourth-order valence-electron chi connectivity index (χ4n) is 2.32. The summed E-state index contributed by atoms with van der Waals surface area (Å²) in [5, 5.41) is 1.00. The molecule has 0 radical (unpaired) electrons. The fraction of sp³-hybridized carbons (Fsp3) is 0.312. The molecule has 6 heteroatoms. The van der Waals surface area contributed by atoms with Gasteiger partial charge in [-0.05, 0) is 5.56 Å². The van der Waals surface area contributed by atoms with Crippen molar-refractivity contribution in [1.82, 2.24) is 0 Å². The molecule has 1 fully saturated rings. The highest BCUT2D eigenvalue weighted by Crippen LogP contribution is 2.36. The van der Waals surface area contributed by atoms with Gasteiger partial charge in [-0.25, -0.2) is 0 Å². The van der Waals surface area contributed by atoms with Gasteiger partial charge in [0, 0.05) is 19.2 Å². The van der Waals surface area contributed by atoms with Crippen LogP contribution in [0.1, 0.15) is 15.2 Å². The summed E-state index contributed by atoms with van der Waals surface area (Å²) >= 11 is 1.38. The van der Waals surface area contributed by atoms with Gasteiger partial charge in [0.25, 0.3) is 5.91 Å². The highest BCUT2D eigenvalue weighted by Gasteiger charge is 2.20. The van der Waals surface area contributed by atoms with Gasteiger partial charge in [0.1, 0.15) is 17.2 Å². The predicted octanol–water partition coefficient (Wildman–Crippen LogP) is 2.26. The number of thiophene rings is 1. The van der Waals surface area contributed by atoms with Crippen LogP contribution < -0.4 is 15.4 Å². The van der Waals surface area contributed by atoms with E-state index in [9.17, 15) is 4.79 Å². The monoisotopic (exact) mass is 318 g/mol. The number of carbonyl (C=O) groups is 1. The van der Waals surface area contributed by atoms with Crippen molar-refractivity contribution in [2.45, 2.75) is 6.61 Å². The van der Waals surface area contributed by atoms with E-state index in [1.165, 1.54) is 11.3 Å². The Labute approximate surface area is 133 Å². The normalized spacial score (nSPS) is 14.8. The van der Waals surface area contributed by atoms with Crippen LogP contribution in [0.15, 0.2) is 36.4 Å². The summed E-state index contributed by atoms with van der Waals surface area (Å²) < 4.78 is 11.2. The van der Waals surface area contributed by atoms with E-state index in [1.807, 2.05) is 36.4 Å². The van der Waals surface area contributed by atoms with Crippen molar-refractivity contribution in [3.8, 4) is 5.75 Å². The lowest BCUT2D eigenvalue weighted by Crippen LogP contribution is -2.35. The molecule has 0 saturated carbocycles. The van der Waals surface area contributed by atoms with Crippen LogP contribution in [0.5, 0.6) is 5.75 Å². The van der Waals surface area contributed by atoms with Gasteiger partial charge in [0.2, 0.25) is 0 Å². The van der Waals surface area contributed by atoms with Crippen LogP contribution in [0.2, 0.25) is 0 Å². The van der Waals surface area contributed by atoms with Crippen LogP contribution >= 0.6 is 11.3 Å². The second kappa shape index (κ2) is 6.81. The topological polar surface area (TPSA) is 64.8 Å². The van der Waals surface area contributed by atoms with Crippen molar-refractivity contribution in [3.63, 3.8) is 0 Å². The zero-order valence-corrected chi connectivity index (χ0v) is 13.0. The van der Waals surface area contributed by atoms with Crippen LogP contribution in [-0.4, -0.2) is 32.2 Å². The number of rotatable bonds is 5. The van der Waals surface area contributed by atoms with Crippen molar-refractivity contribution in [2.75, 3.05) is 31.2 Å². The summed E-state index contributed by atoms with van der Waals surface area (Å²) in [6.07, 6.45) is 0. The van der Waals surface area contributed by atoms with Gasteiger partial charge in [-0.2, -0.15) is 0 Å². The Morgan fingerprint density at radius 1 is 1.27 bits per heavy atom. The molecule has 1 aliphatic rings. The highest BCUT2D eigenvalue weighted by molar-refractivity contribution is 7.18. The third-order valence-corrected chi connectivity index (χ3v) is 4.66. The lowest BCUT2D eigenvalue weighted by Gasteiger charge is -2.27. The zero-order valence-electron chi connectivity index (χ0n) is 12.2. The molecule has 0 spiro atoms. The van der Waals surface area contributed by atoms with E-state index in [1.54, 1.807) is 0 Å². The quantitative estimate of drug-likeness (QED) is 0.918. The summed E-state index contributed by atoms with van der Waals surface area (Å²) in [5.74, 6) is 0.107. The van der Waals surface area contributed by atoms with Gasteiger partial charge in [-0.15, -0.1) is 11.3 Å². The van der Waals surface area contributed by atoms with Gasteiger partial charge in [0.05, 0.1) is 18.2 Å². The average molecular weight is 318 g/mol. The third kappa shape index (κ3) is 3.40. The van der Waals surface area contributed by atoms with E-state index in [4.69, 9.17) is 15.2 Å². The summed E-state index contributed by atoms with van der Waals surface area (Å²) in [7, 11) is 0. The first-order chi connectivity index (χ1) is 10.7. The summed E-state index contributed by atoms with van der Waals surface area (Å²) in [5.41, 5.74) is 6.53. The molecule has 2 aromatic rings. The smallest absolute Gasteiger partial charge is 0.262 e. The van der Waals surface area contributed by atoms with E-state index in [0.29, 0.717) is 30.4 Å². The number of primary amides is 1. The van der Waals surface area contributed by atoms with E-state index in [2.05, 4.69) is 4.90 Å². The molecule has 1 aliphatic heterocycles.